The van der Waals surface area contributed by atoms with Crippen LogP contribution in [0.1, 0.15) is 24.4 Å². The molecule has 1 heterocycles. The molecule has 1 atom stereocenters. The molecular formula is C10H12Br2ClN. The lowest BCUT2D eigenvalue weighted by atomic mass is 10.1. The predicted octanol–water partition coefficient (Wildman–Crippen LogP) is 4.06. The molecule has 1 aliphatic heterocycles. The number of rotatable bonds is 1. The Morgan fingerprint density at radius 2 is 1.79 bits per heavy atom. The lowest BCUT2D eigenvalue weighted by Gasteiger charge is -2.11. The van der Waals surface area contributed by atoms with Crippen molar-refractivity contribution in [2.45, 2.75) is 18.9 Å². The van der Waals surface area contributed by atoms with Gasteiger partial charge in [-0.2, -0.15) is 0 Å². The summed E-state index contributed by atoms with van der Waals surface area (Å²) in [5.74, 6) is 0. The van der Waals surface area contributed by atoms with Gasteiger partial charge in [-0.05, 0) is 43.1 Å². The third kappa shape index (κ3) is 2.96. The van der Waals surface area contributed by atoms with Gasteiger partial charge in [-0.25, -0.2) is 0 Å². The van der Waals surface area contributed by atoms with Gasteiger partial charge in [0.25, 0.3) is 0 Å². The van der Waals surface area contributed by atoms with E-state index in [1.807, 2.05) is 0 Å². The Kier molecular flexibility index (Phi) is 4.91. The summed E-state index contributed by atoms with van der Waals surface area (Å²) in [6, 6.07) is 6.99. The minimum atomic E-state index is 0. The minimum Gasteiger partial charge on any atom is -0.310 e. The van der Waals surface area contributed by atoms with Gasteiger partial charge in [-0.1, -0.05) is 31.9 Å². The Balaban J connectivity index is 0.000000980. The largest absolute Gasteiger partial charge is 0.310 e. The summed E-state index contributed by atoms with van der Waals surface area (Å²) >= 11 is 7.00. The summed E-state index contributed by atoms with van der Waals surface area (Å²) in [5.41, 5.74) is 1.37. The number of hydrogen-bond acceptors (Lipinski definition) is 1. The molecule has 0 radical (unpaired) electrons. The molecule has 2 rings (SSSR count). The number of benzene rings is 1. The average molecular weight is 341 g/mol. The monoisotopic (exact) mass is 339 g/mol. The summed E-state index contributed by atoms with van der Waals surface area (Å²) in [4.78, 5) is 0. The second-order valence-electron chi connectivity index (χ2n) is 3.35. The summed E-state index contributed by atoms with van der Waals surface area (Å²) in [6.07, 6.45) is 2.54. The Morgan fingerprint density at radius 1 is 1.14 bits per heavy atom. The smallest absolute Gasteiger partial charge is 0.0321 e. The summed E-state index contributed by atoms with van der Waals surface area (Å²) in [6.45, 7) is 1.15. The Bertz CT molecular complexity index is 291. The van der Waals surface area contributed by atoms with E-state index in [9.17, 15) is 0 Å². The fraction of sp³-hybridized carbons (Fsp3) is 0.400. The van der Waals surface area contributed by atoms with Crippen LogP contribution in [0.2, 0.25) is 0 Å². The van der Waals surface area contributed by atoms with E-state index < -0.39 is 0 Å². The maximum atomic E-state index is 3.50. The standard InChI is InChI=1S/C10H11Br2N.ClH/c11-8-4-7(5-9(12)6-8)10-2-1-3-13-10;/h4-6,10,13H,1-3H2;1H/t10-;/m0./s1. The zero-order chi connectivity index (χ0) is 9.26. The highest BCUT2D eigenvalue weighted by atomic mass is 79.9. The van der Waals surface area contributed by atoms with E-state index in [1.165, 1.54) is 18.4 Å². The van der Waals surface area contributed by atoms with Crippen molar-refractivity contribution in [2.24, 2.45) is 0 Å². The van der Waals surface area contributed by atoms with Crippen LogP contribution in [0, 0.1) is 0 Å². The molecule has 1 fully saturated rings. The molecule has 0 aromatic heterocycles. The first kappa shape index (κ1) is 12.5. The van der Waals surface area contributed by atoms with Gasteiger partial charge >= 0.3 is 0 Å². The highest BCUT2D eigenvalue weighted by Gasteiger charge is 2.16. The average Bonchev–Trinajstić information content (AvgIpc) is 2.53. The molecule has 0 aliphatic carbocycles. The lowest BCUT2D eigenvalue weighted by Crippen LogP contribution is -2.12. The molecule has 0 amide bonds. The van der Waals surface area contributed by atoms with E-state index in [0.717, 1.165) is 15.5 Å². The molecule has 4 heteroatoms. The van der Waals surface area contributed by atoms with E-state index in [0.29, 0.717) is 6.04 Å². The van der Waals surface area contributed by atoms with Crippen molar-refractivity contribution in [1.82, 2.24) is 5.32 Å². The molecule has 1 nitrogen and oxygen atoms in total. The first-order valence-corrected chi connectivity index (χ1v) is 6.04. The van der Waals surface area contributed by atoms with Crippen LogP contribution in [0.5, 0.6) is 0 Å². The van der Waals surface area contributed by atoms with Crippen molar-refractivity contribution in [3.8, 4) is 0 Å². The van der Waals surface area contributed by atoms with Crippen LogP contribution < -0.4 is 5.32 Å². The van der Waals surface area contributed by atoms with Crippen molar-refractivity contribution in [2.75, 3.05) is 6.54 Å². The van der Waals surface area contributed by atoms with Gasteiger partial charge in [0.05, 0.1) is 0 Å². The Labute approximate surface area is 107 Å². The molecular weight excluding hydrogens is 329 g/mol. The highest BCUT2D eigenvalue weighted by Crippen LogP contribution is 2.28. The van der Waals surface area contributed by atoms with E-state index in [-0.39, 0.29) is 12.4 Å². The summed E-state index contributed by atoms with van der Waals surface area (Å²) < 4.78 is 2.29. The van der Waals surface area contributed by atoms with Gasteiger partial charge in [0.2, 0.25) is 0 Å². The van der Waals surface area contributed by atoms with Gasteiger partial charge in [-0.15, -0.1) is 12.4 Å². The normalized spacial score (nSPS) is 20.6. The third-order valence-corrected chi connectivity index (χ3v) is 3.26. The lowest BCUT2D eigenvalue weighted by molar-refractivity contribution is 0.647. The van der Waals surface area contributed by atoms with Crippen molar-refractivity contribution in [1.29, 1.82) is 0 Å². The van der Waals surface area contributed by atoms with Crippen LogP contribution in [0.3, 0.4) is 0 Å². The summed E-state index contributed by atoms with van der Waals surface area (Å²) in [5, 5.41) is 3.49. The Hall–Kier alpha value is 0.430. The molecule has 14 heavy (non-hydrogen) atoms. The van der Waals surface area contributed by atoms with Crippen molar-refractivity contribution < 1.29 is 0 Å². The number of nitrogens with one attached hydrogen (secondary N) is 1. The van der Waals surface area contributed by atoms with Crippen LogP contribution >= 0.6 is 44.3 Å². The Morgan fingerprint density at radius 3 is 2.29 bits per heavy atom. The maximum absolute atomic E-state index is 3.50. The molecule has 0 bridgehead atoms. The zero-order valence-electron chi connectivity index (χ0n) is 7.59. The zero-order valence-corrected chi connectivity index (χ0v) is 11.6. The molecule has 0 unspecified atom stereocenters. The van der Waals surface area contributed by atoms with Gasteiger partial charge in [0.15, 0.2) is 0 Å². The van der Waals surface area contributed by atoms with Crippen LogP contribution in [-0.2, 0) is 0 Å². The molecule has 1 N–H and O–H groups in total. The number of halogens is 3. The molecule has 0 spiro atoms. The second kappa shape index (κ2) is 5.50. The quantitative estimate of drug-likeness (QED) is 0.812. The van der Waals surface area contributed by atoms with Gasteiger partial charge in [-0.3, -0.25) is 0 Å². The van der Waals surface area contributed by atoms with Crippen LogP contribution in [0.25, 0.3) is 0 Å². The molecule has 1 aliphatic rings. The molecule has 1 saturated heterocycles. The first-order chi connectivity index (χ1) is 6.25. The summed E-state index contributed by atoms with van der Waals surface area (Å²) in [7, 11) is 0. The number of hydrogen-bond donors (Lipinski definition) is 1. The van der Waals surface area contributed by atoms with Gasteiger partial charge < -0.3 is 5.32 Å². The van der Waals surface area contributed by atoms with Crippen molar-refractivity contribution >= 4 is 44.3 Å². The van der Waals surface area contributed by atoms with Crippen LogP contribution in [-0.4, -0.2) is 6.54 Å². The molecule has 78 valence electrons. The van der Waals surface area contributed by atoms with E-state index >= 15 is 0 Å². The minimum absolute atomic E-state index is 0. The molecule has 1 aromatic carbocycles. The van der Waals surface area contributed by atoms with Crippen LogP contribution in [0.4, 0.5) is 0 Å². The molecule has 0 saturated carbocycles. The first-order valence-electron chi connectivity index (χ1n) is 4.45. The topological polar surface area (TPSA) is 12.0 Å². The second-order valence-corrected chi connectivity index (χ2v) is 5.18. The van der Waals surface area contributed by atoms with Crippen molar-refractivity contribution in [3.05, 3.63) is 32.7 Å². The van der Waals surface area contributed by atoms with E-state index in [4.69, 9.17) is 0 Å². The van der Waals surface area contributed by atoms with Gasteiger partial charge in [0.1, 0.15) is 0 Å². The fourth-order valence-corrected chi connectivity index (χ4v) is 3.07. The van der Waals surface area contributed by atoms with Gasteiger partial charge in [0, 0.05) is 15.0 Å². The van der Waals surface area contributed by atoms with Crippen LogP contribution in [0.15, 0.2) is 27.1 Å². The van der Waals surface area contributed by atoms with E-state index in [2.05, 4.69) is 55.4 Å². The third-order valence-electron chi connectivity index (χ3n) is 2.35. The SMILES string of the molecule is Brc1cc(Br)cc([C@@H]2CCCN2)c1.Cl. The van der Waals surface area contributed by atoms with Crippen molar-refractivity contribution in [3.63, 3.8) is 0 Å². The fourth-order valence-electron chi connectivity index (χ4n) is 1.75. The molecule has 1 aromatic rings. The van der Waals surface area contributed by atoms with E-state index in [1.54, 1.807) is 0 Å². The highest BCUT2D eigenvalue weighted by molar-refractivity contribution is 9.11. The maximum Gasteiger partial charge on any atom is 0.0321 e. The predicted molar refractivity (Wildman–Crippen MR) is 69.1 cm³/mol.